The second kappa shape index (κ2) is 9.19. The number of nitrogens with zero attached hydrogens (tertiary/aromatic N) is 1. The van der Waals surface area contributed by atoms with E-state index in [1.54, 1.807) is 25.6 Å². The molecule has 3 rings (SSSR count). The lowest BCUT2D eigenvalue weighted by molar-refractivity contribution is -0.120. The Labute approximate surface area is 163 Å². The van der Waals surface area contributed by atoms with Crippen molar-refractivity contribution >= 4 is 17.2 Å². The van der Waals surface area contributed by atoms with Crippen LogP contribution in [-0.4, -0.2) is 31.7 Å². The number of thiazole rings is 1. The largest absolute Gasteiger partial charge is 0.493 e. The van der Waals surface area contributed by atoms with E-state index in [2.05, 4.69) is 10.3 Å². The van der Waals surface area contributed by atoms with Crippen molar-refractivity contribution in [1.29, 1.82) is 0 Å². The second-order valence-electron chi connectivity index (χ2n) is 5.98. The highest BCUT2D eigenvalue weighted by Crippen LogP contribution is 2.27. The Morgan fingerprint density at radius 1 is 1.07 bits per heavy atom. The van der Waals surface area contributed by atoms with Crippen LogP contribution in [0, 0.1) is 0 Å². The number of methoxy groups -OCH3 is 2. The van der Waals surface area contributed by atoms with Gasteiger partial charge in [-0.2, -0.15) is 0 Å². The lowest BCUT2D eigenvalue weighted by atomic mass is 10.1. The van der Waals surface area contributed by atoms with Gasteiger partial charge < -0.3 is 14.8 Å². The van der Waals surface area contributed by atoms with Crippen LogP contribution in [0.15, 0.2) is 53.9 Å². The summed E-state index contributed by atoms with van der Waals surface area (Å²) in [5.74, 6) is 1.36. The number of hydrogen-bond acceptors (Lipinski definition) is 5. The topological polar surface area (TPSA) is 60.5 Å². The predicted molar refractivity (Wildman–Crippen MR) is 108 cm³/mol. The Balaban J connectivity index is 1.50. The third-order valence-electron chi connectivity index (χ3n) is 4.10. The number of hydrogen-bond donors (Lipinski definition) is 1. The molecule has 0 unspecified atom stereocenters. The average Bonchev–Trinajstić information content (AvgIpc) is 3.17. The van der Waals surface area contributed by atoms with E-state index in [0.29, 0.717) is 18.0 Å². The minimum atomic E-state index is -0.0274. The molecular weight excluding hydrogens is 360 g/mol. The highest BCUT2D eigenvalue weighted by Gasteiger charge is 2.09. The van der Waals surface area contributed by atoms with Crippen molar-refractivity contribution in [1.82, 2.24) is 10.3 Å². The van der Waals surface area contributed by atoms with Crippen LogP contribution in [0.5, 0.6) is 11.5 Å². The molecule has 27 heavy (non-hydrogen) atoms. The van der Waals surface area contributed by atoms with Crippen molar-refractivity contribution < 1.29 is 14.3 Å². The number of carbonyl (C=O) groups excluding carboxylic acids is 1. The number of amides is 1. The molecule has 1 amide bonds. The molecule has 1 aromatic heterocycles. The Morgan fingerprint density at radius 3 is 2.59 bits per heavy atom. The summed E-state index contributed by atoms with van der Waals surface area (Å²) in [6.07, 6.45) is 1.01. The minimum absolute atomic E-state index is 0.0274. The number of rotatable bonds is 8. The van der Waals surface area contributed by atoms with E-state index in [1.807, 2.05) is 53.9 Å². The molecule has 0 aliphatic heterocycles. The summed E-state index contributed by atoms with van der Waals surface area (Å²) < 4.78 is 10.5. The van der Waals surface area contributed by atoms with Gasteiger partial charge in [0.05, 0.1) is 26.3 Å². The zero-order valence-corrected chi connectivity index (χ0v) is 16.2. The van der Waals surface area contributed by atoms with Crippen LogP contribution in [0.1, 0.15) is 11.3 Å². The van der Waals surface area contributed by atoms with Gasteiger partial charge in [0.1, 0.15) is 5.01 Å². The van der Waals surface area contributed by atoms with E-state index in [9.17, 15) is 4.79 Å². The van der Waals surface area contributed by atoms with Crippen LogP contribution in [0.2, 0.25) is 0 Å². The fraction of sp³-hybridized carbons (Fsp3) is 0.238. The molecule has 140 valence electrons. The molecule has 0 fully saturated rings. The van der Waals surface area contributed by atoms with Gasteiger partial charge in [0.25, 0.3) is 0 Å². The third-order valence-corrected chi connectivity index (χ3v) is 5.04. The van der Waals surface area contributed by atoms with E-state index in [-0.39, 0.29) is 12.3 Å². The van der Waals surface area contributed by atoms with Gasteiger partial charge in [0, 0.05) is 17.5 Å². The van der Waals surface area contributed by atoms with Crippen LogP contribution in [-0.2, 0) is 17.6 Å². The molecule has 1 heterocycles. The van der Waals surface area contributed by atoms with Crippen LogP contribution < -0.4 is 14.8 Å². The van der Waals surface area contributed by atoms with Crippen molar-refractivity contribution in [3.05, 3.63) is 65.2 Å². The summed E-state index contributed by atoms with van der Waals surface area (Å²) in [7, 11) is 3.22. The van der Waals surface area contributed by atoms with Gasteiger partial charge >= 0.3 is 0 Å². The van der Waals surface area contributed by atoms with Gasteiger partial charge in [-0.3, -0.25) is 4.79 Å². The van der Waals surface area contributed by atoms with Gasteiger partial charge in [0.2, 0.25) is 5.91 Å². The number of ether oxygens (including phenoxy) is 2. The van der Waals surface area contributed by atoms with Crippen molar-refractivity contribution in [2.24, 2.45) is 0 Å². The summed E-state index contributed by atoms with van der Waals surface area (Å²) in [6, 6.07) is 15.8. The maximum Gasteiger partial charge on any atom is 0.226 e. The molecule has 0 aliphatic carbocycles. The Hall–Kier alpha value is -2.86. The number of nitrogens with one attached hydrogen (secondary N) is 1. The lowest BCUT2D eigenvalue weighted by Crippen LogP contribution is -2.27. The van der Waals surface area contributed by atoms with Gasteiger partial charge in [-0.05, 0) is 24.1 Å². The molecule has 0 radical (unpaired) electrons. The molecule has 6 heteroatoms. The predicted octanol–water partition coefficient (Wildman–Crippen LogP) is 3.73. The van der Waals surface area contributed by atoms with E-state index in [0.717, 1.165) is 28.2 Å². The lowest BCUT2D eigenvalue weighted by Gasteiger charge is -2.10. The summed E-state index contributed by atoms with van der Waals surface area (Å²) >= 11 is 1.56. The molecule has 3 aromatic rings. The number of aromatic nitrogens is 1. The SMILES string of the molecule is COc1ccc(CCNC(=O)Cc2csc(-c3ccccc3)n2)cc1OC. The van der Waals surface area contributed by atoms with E-state index < -0.39 is 0 Å². The molecule has 5 nitrogen and oxygen atoms in total. The fourth-order valence-corrected chi connectivity index (χ4v) is 3.54. The maximum atomic E-state index is 12.2. The van der Waals surface area contributed by atoms with Crippen molar-refractivity contribution in [3.63, 3.8) is 0 Å². The average molecular weight is 382 g/mol. The molecular formula is C21H22N2O3S. The molecule has 0 saturated carbocycles. The first-order chi connectivity index (χ1) is 13.2. The smallest absolute Gasteiger partial charge is 0.226 e. The third kappa shape index (κ3) is 5.08. The Morgan fingerprint density at radius 2 is 1.85 bits per heavy atom. The molecule has 0 saturated heterocycles. The second-order valence-corrected chi connectivity index (χ2v) is 6.83. The van der Waals surface area contributed by atoms with Crippen LogP contribution in [0.4, 0.5) is 0 Å². The van der Waals surface area contributed by atoms with Crippen molar-refractivity contribution in [2.75, 3.05) is 20.8 Å². The van der Waals surface area contributed by atoms with Gasteiger partial charge in [-0.25, -0.2) is 4.98 Å². The minimum Gasteiger partial charge on any atom is -0.493 e. The van der Waals surface area contributed by atoms with Gasteiger partial charge in [0.15, 0.2) is 11.5 Å². The van der Waals surface area contributed by atoms with Crippen LogP contribution >= 0.6 is 11.3 Å². The molecule has 0 atom stereocenters. The monoisotopic (exact) mass is 382 g/mol. The van der Waals surface area contributed by atoms with Crippen LogP contribution in [0.25, 0.3) is 10.6 Å². The van der Waals surface area contributed by atoms with Crippen molar-refractivity contribution in [3.8, 4) is 22.1 Å². The first-order valence-electron chi connectivity index (χ1n) is 8.67. The summed E-state index contributed by atoms with van der Waals surface area (Å²) in [6.45, 7) is 0.560. The highest BCUT2D eigenvalue weighted by atomic mass is 32.1. The number of benzene rings is 2. The van der Waals surface area contributed by atoms with E-state index in [4.69, 9.17) is 9.47 Å². The molecule has 1 N–H and O–H groups in total. The summed E-state index contributed by atoms with van der Waals surface area (Å²) in [5.41, 5.74) is 2.94. The van der Waals surface area contributed by atoms with Gasteiger partial charge in [-0.1, -0.05) is 36.4 Å². The van der Waals surface area contributed by atoms with Crippen molar-refractivity contribution in [2.45, 2.75) is 12.8 Å². The zero-order chi connectivity index (χ0) is 19.1. The van der Waals surface area contributed by atoms with Gasteiger partial charge in [-0.15, -0.1) is 11.3 Å². The quantitative estimate of drug-likeness (QED) is 0.645. The zero-order valence-electron chi connectivity index (χ0n) is 15.4. The Bertz CT molecular complexity index is 893. The Kier molecular flexibility index (Phi) is 6.44. The molecule has 0 bridgehead atoms. The molecule has 0 spiro atoms. The first kappa shape index (κ1) is 18.9. The fourth-order valence-electron chi connectivity index (χ4n) is 2.71. The van der Waals surface area contributed by atoms with Crippen LogP contribution in [0.3, 0.4) is 0 Å². The maximum absolute atomic E-state index is 12.2. The molecule has 0 aliphatic rings. The summed E-state index contributed by atoms with van der Waals surface area (Å²) in [4.78, 5) is 16.7. The number of carbonyl (C=O) groups is 1. The van der Waals surface area contributed by atoms with E-state index >= 15 is 0 Å². The summed E-state index contributed by atoms with van der Waals surface area (Å²) in [5, 5.41) is 5.82. The van der Waals surface area contributed by atoms with E-state index in [1.165, 1.54) is 0 Å². The first-order valence-corrected chi connectivity index (χ1v) is 9.55. The standard InChI is InChI=1S/C21H22N2O3S/c1-25-18-9-8-15(12-19(18)26-2)10-11-22-20(24)13-17-14-27-21(23-17)16-6-4-3-5-7-16/h3-9,12,14H,10-11,13H2,1-2H3,(H,22,24). The normalized spacial score (nSPS) is 10.4. The highest BCUT2D eigenvalue weighted by molar-refractivity contribution is 7.13. The molecule has 2 aromatic carbocycles.